The topological polar surface area (TPSA) is 25.2 Å². The average Bonchev–Trinajstić information content (AvgIpc) is 2.73. The number of nitrogens with one attached hydrogen (secondary N) is 1. The van der Waals surface area contributed by atoms with E-state index >= 15 is 0 Å². The summed E-state index contributed by atoms with van der Waals surface area (Å²) in [7, 11) is 1.92. The molecule has 1 atom stereocenters. The van der Waals surface area contributed by atoms with Crippen molar-refractivity contribution in [2.75, 3.05) is 7.05 Å². The second-order valence-electron chi connectivity index (χ2n) is 3.82. The van der Waals surface area contributed by atoms with Crippen molar-refractivity contribution in [3.63, 3.8) is 0 Å². The van der Waals surface area contributed by atoms with E-state index in [4.69, 9.17) is 16.0 Å². The van der Waals surface area contributed by atoms with Crippen molar-refractivity contribution in [2.45, 2.75) is 12.5 Å². The number of rotatable bonds is 4. The normalized spacial score (nSPS) is 12.6. The number of benzene rings is 1. The maximum Gasteiger partial charge on any atom is 0.169 e. The highest BCUT2D eigenvalue weighted by Crippen LogP contribution is 2.24. The quantitative estimate of drug-likeness (QED) is 0.915. The molecule has 1 unspecified atom stereocenters. The first-order valence-corrected chi connectivity index (χ1v) is 6.53. The SMILES string of the molecule is CNC(Cc1cccc(Cl)c1)c1ccc(Br)o1. The molecule has 0 radical (unpaired) electrons. The molecule has 0 aliphatic rings. The van der Waals surface area contributed by atoms with Gasteiger partial charge in [0.15, 0.2) is 4.67 Å². The van der Waals surface area contributed by atoms with Gasteiger partial charge in [0, 0.05) is 5.02 Å². The van der Waals surface area contributed by atoms with Gasteiger partial charge in [-0.3, -0.25) is 0 Å². The third-order valence-electron chi connectivity index (χ3n) is 2.61. The van der Waals surface area contributed by atoms with Crippen LogP contribution < -0.4 is 5.32 Å². The van der Waals surface area contributed by atoms with E-state index in [1.807, 2.05) is 37.4 Å². The number of likely N-dealkylation sites (N-methyl/N-ethyl adjacent to an activating group) is 1. The fourth-order valence-electron chi connectivity index (χ4n) is 1.76. The highest BCUT2D eigenvalue weighted by Gasteiger charge is 2.14. The summed E-state index contributed by atoms with van der Waals surface area (Å²) in [5.74, 6) is 0.916. The third kappa shape index (κ3) is 3.35. The van der Waals surface area contributed by atoms with E-state index in [1.165, 1.54) is 5.56 Å². The Morgan fingerprint density at radius 2 is 2.18 bits per heavy atom. The third-order valence-corrected chi connectivity index (χ3v) is 3.28. The lowest BCUT2D eigenvalue weighted by molar-refractivity contribution is 0.417. The smallest absolute Gasteiger partial charge is 0.169 e. The molecule has 2 aromatic rings. The van der Waals surface area contributed by atoms with E-state index in [1.54, 1.807) is 0 Å². The second kappa shape index (κ2) is 5.71. The molecule has 17 heavy (non-hydrogen) atoms. The Hall–Kier alpha value is -0.770. The molecule has 1 aromatic carbocycles. The van der Waals surface area contributed by atoms with Crippen LogP contribution in [0.4, 0.5) is 0 Å². The number of hydrogen-bond acceptors (Lipinski definition) is 2. The Kier molecular flexibility index (Phi) is 4.26. The van der Waals surface area contributed by atoms with Gasteiger partial charge in [-0.15, -0.1) is 0 Å². The summed E-state index contributed by atoms with van der Waals surface area (Å²) in [5.41, 5.74) is 1.18. The molecular formula is C13H13BrClNO. The number of hydrogen-bond donors (Lipinski definition) is 1. The molecule has 0 spiro atoms. The zero-order valence-electron chi connectivity index (χ0n) is 9.41. The van der Waals surface area contributed by atoms with Crippen LogP contribution in [0.15, 0.2) is 45.5 Å². The van der Waals surface area contributed by atoms with Crippen molar-refractivity contribution in [3.8, 4) is 0 Å². The molecule has 2 nitrogen and oxygen atoms in total. The molecule has 4 heteroatoms. The van der Waals surface area contributed by atoms with Crippen molar-refractivity contribution < 1.29 is 4.42 Å². The minimum absolute atomic E-state index is 0.153. The first-order chi connectivity index (χ1) is 8.19. The highest BCUT2D eigenvalue weighted by molar-refractivity contribution is 9.10. The van der Waals surface area contributed by atoms with Gasteiger partial charge in [0.25, 0.3) is 0 Å². The first kappa shape index (κ1) is 12.7. The predicted octanol–water partition coefficient (Wildman–Crippen LogP) is 4.20. The van der Waals surface area contributed by atoms with Gasteiger partial charge in [-0.1, -0.05) is 23.7 Å². The van der Waals surface area contributed by atoms with E-state index in [9.17, 15) is 0 Å². The molecular weight excluding hydrogens is 302 g/mol. The monoisotopic (exact) mass is 313 g/mol. The van der Waals surface area contributed by atoms with Gasteiger partial charge >= 0.3 is 0 Å². The van der Waals surface area contributed by atoms with E-state index in [-0.39, 0.29) is 6.04 Å². The Balaban J connectivity index is 2.15. The van der Waals surface area contributed by atoms with Gasteiger partial charge in [-0.05, 0) is 59.2 Å². The molecule has 2 rings (SSSR count). The Labute approximate surface area is 114 Å². The maximum absolute atomic E-state index is 5.97. The Bertz CT molecular complexity index is 498. The summed E-state index contributed by atoms with van der Waals surface area (Å²) in [6.07, 6.45) is 0.844. The van der Waals surface area contributed by atoms with Gasteiger partial charge in [-0.25, -0.2) is 0 Å². The fraction of sp³-hybridized carbons (Fsp3) is 0.231. The zero-order chi connectivity index (χ0) is 12.3. The largest absolute Gasteiger partial charge is 0.453 e. The fourth-order valence-corrected chi connectivity index (χ4v) is 2.29. The first-order valence-electron chi connectivity index (χ1n) is 5.36. The van der Waals surface area contributed by atoms with Gasteiger partial charge in [0.1, 0.15) is 5.76 Å². The summed E-state index contributed by atoms with van der Waals surface area (Å²) in [4.78, 5) is 0. The zero-order valence-corrected chi connectivity index (χ0v) is 11.8. The molecule has 1 heterocycles. The average molecular weight is 315 g/mol. The van der Waals surface area contributed by atoms with Crippen molar-refractivity contribution >= 4 is 27.5 Å². The number of furan rings is 1. The Morgan fingerprint density at radius 1 is 1.35 bits per heavy atom. The summed E-state index contributed by atoms with van der Waals surface area (Å²) >= 11 is 9.28. The molecule has 0 saturated heterocycles. The van der Waals surface area contributed by atoms with Crippen molar-refractivity contribution in [1.82, 2.24) is 5.32 Å². The molecule has 1 aromatic heterocycles. The van der Waals surface area contributed by atoms with E-state index < -0.39 is 0 Å². The van der Waals surface area contributed by atoms with Crippen LogP contribution in [0.2, 0.25) is 5.02 Å². The summed E-state index contributed by atoms with van der Waals surface area (Å²) in [5, 5.41) is 4.00. The second-order valence-corrected chi connectivity index (χ2v) is 5.04. The standard InChI is InChI=1S/C13H13BrClNO/c1-16-11(12-5-6-13(14)17-12)8-9-3-2-4-10(15)7-9/h2-7,11,16H,8H2,1H3. The van der Waals surface area contributed by atoms with Gasteiger partial charge in [-0.2, -0.15) is 0 Å². The van der Waals surface area contributed by atoms with Crippen LogP contribution in [0.5, 0.6) is 0 Å². The van der Waals surface area contributed by atoms with Crippen LogP contribution in [0.1, 0.15) is 17.4 Å². The van der Waals surface area contributed by atoms with E-state index in [2.05, 4.69) is 27.3 Å². The van der Waals surface area contributed by atoms with Crippen molar-refractivity contribution in [1.29, 1.82) is 0 Å². The highest BCUT2D eigenvalue weighted by atomic mass is 79.9. The molecule has 0 amide bonds. The molecule has 0 bridgehead atoms. The summed E-state index contributed by atoms with van der Waals surface area (Å²) in [6, 6.07) is 11.9. The lowest BCUT2D eigenvalue weighted by Gasteiger charge is -2.13. The lowest BCUT2D eigenvalue weighted by atomic mass is 10.0. The van der Waals surface area contributed by atoms with Crippen LogP contribution >= 0.6 is 27.5 Å². The molecule has 0 fully saturated rings. The van der Waals surface area contributed by atoms with E-state index in [0.29, 0.717) is 0 Å². The molecule has 0 saturated carbocycles. The molecule has 1 N–H and O–H groups in total. The summed E-state index contributed by atoms with van der Waals surface area (Å²) < 4.78 is 6.31. The Morgan fingerprint density at radius 3 is 2.76 bits per heavy atom. The van der Waals surface area contributed by atoms with Crippen LogP contribution in [-0.4, -0.2) is 7.05 Å². The van der Waals surface area contributed by atoms with Gasteiger partial charge in [0.2, 0.25) is 0 Å². The minimum Gasteiger partial charge on any atom is -0.453 e. The predicted molar refractivity (Wildman–Crippen MR) is 73.4 cm³/mol. The molecule has 0 aliphatic heterocycles. The van der Waals surface area contributed by atoms with E-state index in [0.717, 1.165) is 21.9 Å². The van der Waals surface area contributed by atoms with Gasteiger partial charge < -0.3 is 9.73 Å². The van der Waals surface area contributed by atoms with Crippen molar-refractivity contribution in [2.24, 2.45) is 0 Å². The molecule has 0 aliphatic carbocycles. The summed E-state index contributed by atoms with van der Waals surface area (Å²) in [6.45, 7) is 0. The van der Waals surface area contributed by atoms with Crippen LogP contribution in [0, 0.1) is 0 Å². The number of halogens is 2. The lowest BCUT2D eigenvalue weighted by Crippen LogP contribution is -2.18. The van der Waals surface area contributed by atoms with Crippen LogP contribution in [-0.2, 0) is 6.42 Å². The van der Waals surface area contributed by atoms with Crippen LogP contribution in [0.25, 0.3) is 0 Å². The maximum atomic E-state index is 5.97. The van der Waals surface area contributed by atoms with Crippen molar-refractivity contribution in [3.05, 3.63) is 57.4 Å². The molecule has 90 valence electrons. The minimum atomic E-state index is 0.153. The van der Waals surface area contributed by atoms with Gasteiger partial charge in [0.05, 0.1) is 6.04 Å². The van der Waals surface area contributed by atoms with Crippen LogP contribution in [0.3, 0.4) is 0 Å².